The highest BCUT2D eigenvalue weighted by atomic mass is 35.5. The number of amides is 1. The van der Waals surface area contributed by atoms with E-state index in [0.717, 1.165) is 24.0 Å². The topological polar surface area (TPSA) is 46.3 Å². The third-order valence-corrected chi connectivity index (χ3v) is 4.46. The summed E-state index contributed by atoms with van der Waals surface area (Å²) in [5, 5.41) is 0.500. The lowest BCUT2D eigenvalue weighted by Gasteiger charge is -2.30. The summed E-state index contributed by atoms with van der Waals surface area (Å²) in [4.78, 5) is 14.6. The van der Waals surface area contributed by atoms with Gasteiger partial charge in [0.15, 0.2) is 0 Å². The van der Waals surface area contributed by atoms with Crippen molar-refractivity contribution >= 4 is 17.5 Å². The van der Waals surface area contributed by atoms with E-state index in [4.69, 9.17) is 17.3 Å². The lowest BCUT2D eigenvalue weighted by molar-refractivity contribution is 0.0715. The third-order valence-electron chi connectivity index (χ3n) is 4.13. The summed E-state index contributed by atoms with van der Waals surface area (Å²) < 4.78 is 0. The number of nitrogens with zero attached hydrogens (tertiary/aromatic N) is 1. The van der Waals surface area contributed by atoms with Crippen LogP contribution in [0.15, 0.2) is 48.5 Å². The van der Waals surface area contributed by atoms with Gasteiger partial charge in [0.25, 0.3) is 5.91 Å². The molecule has 0 unspecified atom stereocenters. The van der Waals surface area contributed by atoms with Gasteiger partial charge in [0.2, 0.25) is 0 Å². The minimum atomic E-state index is -0.00492. The van der Waals surface area contributed by atoms with E-state index in [-0.39, 0.29) is 11.9 Å². The quantitative estimate of drug-likeness (QED) is 0.921. The van der Waals surface area contributed by atoms with Gasteiger partial charge in [-0.25, -0.2) is 0 Å². The van der Waals surface area contributed by atoms with Crippen molar-refractivity contribution in [3.63, 3.8) is 0 Å². The number of carbonyl (C=O) groups excluding carboxylic acids is 1. The van der Waals surface area contributed by atoms with Crippen molar-refractivity contribution in [1.82, 2.24) is 4.90 Å². The second kappa shape index (κ2) is 6.51. The molecule has 2 aromatic rings. The van der Waals surface area contributed by atoms with Gasteiger partial charge in [0.1, 0.15) is 0 Å². The molecule has 1 aliphatic rings. The first-order valence-corrected chi connectivity index (χ1v) is 7.93. The Kier molecular flexibility index (Phi) is 4.46. The Morgan fingerprint density at radius 1 is 1.05 bits per heavy atom. The zero-order valence-electron chi connectivity index (χ0n) is 12.3. The normalized spacial score (nSPS) is 15.8. The first-order valence-electron chi connectivity index (χ1n) is 7.55. The van der Waals surface area contributed by atoms with E-state index < -0.39 is 0 Å². The minimum absolute atomic E-state index is 0.00492. The SMILES string of the molecule is NC1CCN(C(=O)c2cc(-c3ccccc3)ccc2Cl)CC1. The standard InChI is InChI=1S/C18H19ClN2O/c19-17-7-6-14(13-4-2-1-3-5-13)12-16(17)18(22)21-10-8-15(20)9-11-21/h1-7,12,15H,8-11,20H2. The van der Waals surface area contributed by atoms with Crippen LogP contribution in [-0.2, 0) is 0 Å². The van der Waals surface area contributed by atoms with E-state index in [9.17, 15) is 4.79 Å². The molecule has 0 spiro atoms. The molecular weight excluding hydrogens is 296 g/mol. The Bertz CT molecular complexity index is 664. The minimum Gasteiger partial charge on any atom is -0.338 e. The first-order chi connectivity index (χ1) is 10.6. The predicted octanol–water partition coefficient (Wildman–Crippen LogP) is 3.57. The predicted molar refractivity (Wildman–Crippen MR) is 90.0 cm³/mol. The van der Waals surface area contributed by atoms with Crippen molar-refractivity contribution in [1.29, 1.82) is 0 Å². The fourth-order valence-corrected chi connectivity index (χ4v) is 2.97. The molecule has 2 N–H and O–H groups in total. The van der Waals surface area contributed by atoms with Crippen molar-refractivity contribution in [2.24, 2.45) is 5.73 Å². The molecule has 22 heavy (non-hydrogen) atoms. The molecule has 0 radical (unpaired) electrons. The number of likely N-dealkylation sites (tertiary alicyclic amines) is 1. The average molecular weight is 315 g/mol. The molecule has 4 heteroatoms. The summed E-state index contributed by atoms with van der Waals surface area (Å²) >= 11 is 6.25. The highest BCUT2D eigenvalue weighted by Gasteiger charge is 2.23. The first kappa shape index (κ1) is 15.1. The van der Waals surface area contributed by atoms with Gasteiger partial charge in [-0.3, -0.25) is 4.79 Å². The number of nitrogens with two attached hydrogens (primary N) is 1. The summed E-state index contributed by atoms with van der Waals surface area (Å²) in [5.41, 5.74) is 8.55. The van der Waals surface area contributed by atoms with Gasteiger partial charge in [-0.1, -0.05) is 48.0 Å². The Labute approximate surface area is 135 Å². The summed E-state index contributed by atoms with van der Waals surface area (Å²) in [5.74, 6) is -0.00492. The molecule has 0 aromatic heterocycles. The molecule has 114 valence electrons. The number of hydrogen-bond acceptors (Lipinski definition) is 2. The smallest absolute Gasteiger partial charge is 0.255 e. The Morgan fingerprint density at radius 2 is 1.73 bits per heavy atom. The number of benzene rings is 2. The molecule has 1 fully saturated rings. The van der Waals surface area contributed by atoms with Crippen molar-refractivity contribution < 1.29 is 4.79 Å². The van der Waals surface area contributed by atoms with Crippen LogP contribution in [-0.4, -0.2) is 29.9 Å². The summed E-state index contributed by atoms with van der Waals surface area (Å²) in [6, 6.07) is 15.8. The molecule has 3 nitrogen and oxygen atoms in total. The van der Waals surface area contributed by atoms with Crippen molar-refractivity contribution in [2.75, 3.05) is 13.1 Å². The lowest BCUT2D eigenvalue weighted by atomic mass is 10.0. The molecule has 0 atom stereocenters. The maximum absolute atomic E-state index is 12.7. The summed E-state index contributed by atoms with van der Waals surface area (Å²) in [7, 11) is 0. The highest BCUT2D eigenvalue weighted by Crippen LogP contribution is 2.26. The van der Waals surface area contributed by atoms with E-state index in [2.05, 4.69) is 0 Å². The average Bonchev–Trinajstić information content (AvgIpc) is 2.56. The van der Waals surface area contributed by atoms with Gasteiger partial charge in [-0.2, -0.15) is 0 Å². The van der Waals surface area contributed by atoms with Crippen molar-refractivity contribution in [3.05, 3.63) is 59.1 Å². The van der Waals surface area contributed by atoms with E-state index in [0.29, 0.717) is 23.7 Å². The second-order valence-corrected chi connectivity index (χ2v) is 6.10. The molecule has 1 saturated heterocycles. The zero-order valence-corrected chi connectivity index (χ0v) is 13.1. The summed E-state index contributed by atoms with van der Waals surface area (Å²) in [6.07, 6.45) is 1.70. The molecular formula is C18H19ClN2O. The van der Waals surface area contributed by atoms with Crippen LogP contribution in [0.5, 0.6) is 0 Å². The largest absolute Gasteiger partial charge is 0.338 e. The Balaban J connectivity index is 1.88. The van der Waals surface area contributed by atoms with E-state index in [1.54, 1.807) is 6.07 Å². The van der Waals surface area contributed by atoms with Crippen LogP contribution in [0.25, 0.3) is 11.1 Å². The maximum Gasteiger partial charge on any atom is 0.255 e. The van der Waals surface area contributed by atoms with Crippen LogP contribution < -0.4 is 5.73 Å². The molecule has 0 saturated carbocycles. The Morgan fingerprint density at radius 3 is 2.41 bits per heavy atom. The van der Waals surface area contributed by atoms with E-state index in [1.807, 2.05) is 47.4 Å². The van der Waals surface area contributed by atoms with Gasteiger partial charge in [-0.05, 0) is 36.1 Å². The van der Waals surface area contributed by atoms with Crippen LogP contribution in [0, 0.1) is 0 Å². The number of piperidine rings is 1. The van der Waals surface area contributed by atoms with Gasteiger partial charge < -0.3 is 10.6 Å². The molecule has 0 aliphatic carbocycles. The van der Waals surface area contributed by atoms with Crippen LogP contribution in [0.2, 0.25) is 5.02 Å². The van der Waals surface area contributed by atoms with Gasteiger partial charge in [0.05, 0.1) is 10.6 Å². The fraction of sp³-hybridized carbons (Fsp3) is 0.278. The van der Waals surface area contributed by atoms with Crippen LogP contribution in [0.3, 0.4) is 0 Å². The number of rotatable bonds is 2. The van der Waals surface area contributed by atoms with Gasteiger partial charge in [0, 0.05) is 19.1 Å². The van der Waals surface area contributed by atoms with Crippen LogP contribution in [0.4, 0.5) is 0 Å². The molecule has 1 aliphatic heterocycles. The highest BCUT2D eigenvalue weighted by molar-refractivity contribution is 6.34. The van der Waals surface area contributed by atoms with Gasteiger partial charge in [-0.15, -0.1) is 0 Å². The molecule has 2 aromatic carbocycles. The number of halogens is 1. The van der Waals surface area contributed by atoms with Crippen molar-refractivity contribution in [2.45, 2.75) is 18.9 Å². The molecule has 0 bridgehead atoms. The van der Waals surface area contributed by atoms with Crippen molar-refractivity contribution in [3.8, 4) is 11.1 Å². The van der Waals surface area contributed by atoms with E-state index >= 15 is 0 Å². The van der Waals surface area contributed by atoms with Crippen LogP contribution in [0.1, 0.15) is 23.2 Å². The summed E-state index contributed by atoms with van der Waals surface area (Å²) in [6.45, 7) is 1.40. The second-order valence-electron chi connectivity index (χ2n) is 5.69. The third kappa shape index (κ3) is 3.16. The number of carbonyl (C=O) groups is 1. The molecule has 1 heterocycles. The van der Waals surface area contributed by atoms with E-state index in [1.165, 1.54) is 0 Å². The maximum atomic E-state index is 12.7. The lowest BCUT2D eigenvalue weighted by Crippen LogP contribution is -2.42. The Hall–Kier alpha value is -1.84. The zero-order chi connectivity index (χ0) is 15.5. The fourth-order valence-electron chi connectivity index (χ4n) is 2.77. The molecule has 3 rings (SSSR count). The molecule has 1 amide bonds. The number of hydrogen-bond donors (Lipinski definition) is 1. The van der Waals surface area contributed by atoms with Crippen LogP contribution >= 0.6 is 11.6 Å². The monoisotopic (exact) mass is 314 g/mol. The van der Waals surface area contributed by atoms with Gasteiger partial charge >= 0.3 is 0 Å².